The summed E-state index contributed by atoms with van der Waals surface area (Å²) >= 11 is 0. The molecule has 2 aromatic rings. The number of sulfonamides is 1. The van der Waals surface area contributed by atoms with Crippen molar-refractivity contribution in [1.29, 1.82) is 0 Å². The number of benzene rings is 1. The third-order valence-electron chi connectivity index (χ3n) is 4.33. The number of aryl methyl sites for hydroxylation is 2. The molecule has 0 spiro atoms. The molecule has 10 heteroatoms. The number of nitrogens with two attached hydrogens (primary N) is 1. The van der Waals surface area contributed by atoms with Gasteiger partial charge in [0, 0.05) is 46.1 Å². The molecule has 152 valence electrons. The van der Waals surface area contributed by atoms with Crippen LogP contribution in [0.15, 0.2) is 23.1 Å². The minimum atomic E-state index is -3.52. The van der Waals surface area contributed by atoms with Crippen molar-refractivity contribution in [3.05, 3.63) is 24.0 Å². The maximum atomic E-state index is 12.7. The van der Waals surface area contributed by atoms with Crippen LogP contribution in [0.25, 0.3) is 11.0 Å². The highest BCUT2D eigenvalue weighted by Crippen LogP contribution is 2.22. The third kappa shape index (κ3) is 5.19. The molecule has 0 atom stereocenters. The maximum Gasteiger partial charge on any atom is 0.243 e. The Balaban J connectivity index is 0.00000364. The van der Waals surface area contributed by atoms with Gasteiger partial charge in [0.05, 0.1) is 15.9 Å². The van der Waals surface area contributed by atoms with Crippen LogP contribution in [0.4, 0.5) is 0 Å². The Bertz CT molecular complexity index is 878. The standard InChI is InChI=1S/C17H27N5O3S.ClH/c1-4-22(5-2)26(24,25)13-6-7-15-14(12-13)20-16(21(15)3)8-9-17(23)19-11-10-18;/h6-7,12H,4-5,8-11,18H2,1-3H3,(H,19,23);1H. The summed E-state index contributed by atoms with van der Waals surface area (Å²) in [5.74, 6) is 0.660. The predicted molar refractivity (Wildman–Crippen MR) is 108 cm³/mol. The SMILES string of the molecule is CCN(CC)S(=O)(=O)c1ccc2c(c1)nc(CCC(=O)NCCN)n2C.Cl. The van der Waals surface area contributed by atoms with E-state index in [1.165, 1.54) is 4.31 Å². The second kappa shape index (κ2) is 10.0. The van der Waals surface area contributed by atoms with E-state index in [4.69, 9.17) is 5.73 Å². The average Bonchev–Trinajstić information content (AvgIpc) is 2.94. The van der Waals surface area contributed by atoms with Gasteiger partial charge >= 0.3 is 0 Å². The molecule has 0 aliphatic heterocycles. The molecule has 1 aromatic carbocycles. The van der Waals surface area contributed by atoms with E-state index in [-0.39, 0.29) is 23.2 Å². The monoisotopic (exact) mass is 417 g/mol. The number of nitrogens with zero attached hydrogens (tertiary/aromatic N) is 3. The van der Waals surface area contributed by atoms with E-state index in [2.05, 4.69) is 10.3 Å². The zero-order valence-corrected chi connectivity index (χ0v) is 17.6. The minimum Gasteiger partial charge on any atom is -0.355 e. The molecule has 0 aliphatic rings. The normalized spacial score (nSPS) is 11.6. The molecular weight excluding hydrogens is 390 g/mol. The summed E-state index contributed by atoms with van der Waals surface area (Å²) in [5.41, 5.74) is 6.81. The number of fused-ring (bicyclic) bond motifs is 1. The zero-order valence-electron chi connectivity index (χ0n) is 15.9. The zero-order chi connectivity index (χ0) is 19.3. The molecular formula is C17H28ClN5O3S. The largest absolute Gasteiger partial charge is 0.355 e. The lowest BCUT2D eigenvalue weighted by molar-refractivity contribution is -0.121. The first-order chi connectivity index (χ1) is 12.3. The molecule has 1 amide bonds. The van der Waals surface area contributed by atoms with E-state index >= 15 is 0 Å². The molecule has 0 unspecified atom stereocenters. The van der Waals surface area contributed by atoms with Gasteiger partial charge in [-0.25, -0.2) is 13.4 Å². The quantitative estimate of drug-likeness (QED) is 0.633. The highest BCUT2D eigenvalue weighted by molar-refractivity contribution is 7.89. The second-order valence-electron chi connectivity index (χ2n) is 5.97. The molecule has 1 aromatic heterocycles. The lowest BCUT2D eigenvalue weighted by atomic mass is 10.3. The number of halogens is 1. The molecule has 1 heterocycles. The van der Waals surface area contributed by atoms with Crippen LogP contribution < -0.4 is 11.1 Å². The van der Waals surface area contributed by atoms with Crippen LogP contribution in [0.3, 0.4) is 0 Å². The Morgan fingerprint density at radius 2 is 1.96 bits per heavy atom. The minimum absolute atomic E-state index is 0. The van der Waals surface area contributed by atoms with Gasteiger partial charge in [0.1, 0.15) is 5.82 Å². The van der Waals surface area contributed by atoms with Crippen LogP contribution in [-0.4, -0.2) is 54.4 Å². The first-order valence-corrected chi connectivity index (χ1v) is 10.2. The molecule has 0 saturated carbocycles. The molecule has 2 rings (SSSR count). The van der Waals surface area contributed by atoms with E-state index < -0.39 is 10.0 Å². The molecule has 0 aliphatic carbocycles. The van der Waals surface area contributed by atoms with E-state index in [9.17, 15) is 13.2 Å². The van der Waals surface area contributed by atoms with Crippen LogP contribution in [0.1, 0.15) is 26.1 Å². The van der Waals surface area contributed by atoms with Gasteiger partial charge in [-0.15, -0.1) is 12.4 Å². The van der Waals surface area contributed by atoms with Crippen LogP contribution in [0, 0.1) is 0 Å². The summed E-state index contributed by atoms with van der Waals surface area (Å²) in [5, 5.41) is 2.72. The number of aromatic nitrogens is 2. The Labute approximate surface area is 166 Å². The lowest BCUT2D eigenvalue weighted by Gasteiger charge is -2.18. The second-order valence-corrected chi connectivity index (χ2v) is 7.90. The van der Waals surface area contributed by atoms with E-state index in [0.717, 1.165) is 11.3 Å². The number of rotatable bonds is 9. The fourth-order valence-electron chi connectivity index (χ4n) is 2.85. The Morgan fingerprint density at radius 3 is 2.56 bits per heavy atom. The molecule has 0 saturated heterocycles. The van der Waals surface area contributed by atoms with Gasteiger partial charge < -0.3 is 15.6 Å². The van der Waals surface area contributed by atoms with Crippen LogP contribution in [-0.2, 0) is 28.3 Å². The Hall–Kier alpha value is -1.68. The number of nitrogens with one attached hydrogen (secondary N) is 1. The van der Waals surface area contributed by atoms with Crippen molar-refractivity contribution in [3.63, 3.8) is 0 Å². The Kier molecular flexibility index (Phi) is 8.67. The van der Waals surface area contributed by atoms with Crippen molar-refractivity contribution in [2.45, 2.75) is 31.6 Å². The van der Waals surface area contributed by atoms with Crippen LogP contribution >= 0.6 is 12.4 Å². The first kappa shape index (κ1) is 23.4. The van der Waals surface area contributed by atoms with Crippen molar-refractivity contribution in [2.75, 3.05) is 26.2 Å². The number of hydrogen-bond acceptors (Lipinski definition) is 5. The summed E-state index contributed by atoms with van der Waals surface area (Å²) in [6.07, 6.45) is 0.779. The van der Waals surface area contributed by atoms with Crippen molar-refractivity contribution in [3.8, 4) is 0 Å². The highest BCUT2D eigenvalue weighted by atomic mass is 35.5. The van der Waals surface area contributed by atoms with E-state index in [0.29, 0.717) is 44.5 Å². The number of imidazole rings is 1. The van der Waals surface area contributed by atoms with Crippen LogP contribution in [0.5, 0.6) is 0 Å². The first-order valence-electron chi connectivity index (χ1n) is 8.77. The number of carbonyl (C=O) groups is 1. The Morgan fingerprint density at radius 1 is 1.30 bits per heavy atom. The van der Waals surface area contributed by atoms with Gasteiger partial charge in [0.25, 0.3) is 0 Å². The summed E-state index contributed by atoms with van der Waals surface area (Å²) in [7, 11) is -1.66. The van der Waals surface area contributed by atoms with Crippen LogP contribution in [0.2, 0.25) is 0 Å². The summed E-state index contributed by atoms with van der Waals surface area (Å²) in [6, 6.07) is 4.97. The van der Waals surface area contributed by atoms with Gasteiger partial charge in [0.2, 0.25) is 15.9 Å². The van der Waals surface area contributed by atoms with E-state index in [1.807, 2.05) is 25.5 Å². The molecule has 0 bridgehead atoms. The number of amides is 1. The molecule has 0 radical (unpaired) electrons. The number of carbonyl (C=O) groups excluding carboxylic acids is 1. The van der Waals surface area contributed by atoms with Crippen molar-refractivity contribution in [2.24, 2.45) is 12.8 Å². The number of hydrogen-bond donors (Lipinski definition) is 2. The fourth-order valence-corrected chi connectivity index (χ4v) is 4.33. The maximum absolute atomic E-state index is 12.7. The van der Waals surface area contributed by atoms with Gasteiger partial charge in [-0.1, -0.05) is 13.8 Å². The predicted octanol–water partition coefficient (Wildman–Crippen LogP) is 1.03. The van der Waals surface area contributed by atoms with Gasteiger partial charge in [-0.3, -0.25) is 4.79 Å². The van der Waals surface area contributed by atoms with Crippen molar-refractivity contribution >= 4 is 39.4 Å². The van der Waals surface area contributed by atoms with Crippen molar-refractivity contribution in [1.82, 2.24) is 19.2 Å². The van der Waals surface area contributed by atoms with Gasteiger partial charge in [0.15, 0.2) is 0 Å². The summed E-state index contributed by atoms with van der Waals surface area (Å²) in [6.45, 7) is 5.32. The fraction of sp³-hybridized carbons (Fsp3) is 0.529. The highest BCUT2D eigenvalue weighted by Gasteiger charge is 2.22. The lowest BCUT2D eigenvalue weighted by Crippen LogP contribution is -2.30. The summed E-state index contributed by atoms with van der Waals surface area (Å²) in [4.78, 5) is 16.5. The topological polar surface area (TPSA) is 110 Å². The molecule has 0 fully saturated rings. The van der Waals surface area contributed by atoms with Gasteiger partial charge in [-0.05, 0) is 18.2 Å². The van der Waals surface area contributed by atoms with E-state index in [1.54, 1.807) is 18.2 Å². The molecule has 3 N–H and O–H groups in total. The third-order valence-corrected chi connectivity index (χ3v) is 6.38. The van der Waals surface area contributed by atoms with Crippen molar-refractivity contribution < 1.29 is 13.2 Å². The molecule has 27 heavy (non-hydrogen) atoms. The average molecular weight is 418 g/mol. The summed E-state index contributed by atoms with van der Waals surface area (Å²) < 4.78 is 28.7. The molecule has 8 nitrogen and oxygen atoms in total. The smallest absolute Gasteiger partial charge is 0.243 e. The van der Waals surface area contributed by atoms with Gasteiger partial charge in [-0.2, -0.15) is 4.31 Å².